The molecule has 2 heterocycles. The van der Waals surface area contributed by atoms with Crippen molar-refractivity contribution in [3.05, 3.63) is 5.28 Å². The molecular formula is C23H43Cl2N5O. The number of likely N-dealkylation sites (N-methyl/N-ethyl adjacent to an activating group) is 1. The number of hydrogen-bond donors (Lipinski definition) is 1. The Morgan fingerprint density at radius 2 is 1.35 bits per heavy atom. The van der Waals surface area contributed by atoms with Crippen molar-refractivity contribution in [3.63, 3.8) is 0 Å². The minimum Gasteiger partial charge on any atom is -1.00 e. The van der Waals surface area contributed by atoms with Crippen LogP contribution in [-0.2, 0) is 4.74 Å². The first-order valence-electron chi connectivity index (χ1n) is 12.3. The molecule has 0 aliphatic carbocycles. The van der Waals surface area contributed by atoms with E-state index in [0.717, 1.165) is 56.2 Å². The Kier molecular flexibility index (Phi) is 15.4. The summed E-state index contributed by atoms with van der Waals surface area (Å²) in [5.41, 5.74) is 0. The normalized spacial score (nSPS) is 15.5. The Bertz CT molecular complexity index is 585. The van der Waals surface area contributed by atoms with E-state index in [1.165, 1.54) is 70.6 Å². The van der Waals surface area contributed by atoms with Gasteiger partial charge < -0.3 is 22.5 Å². The maximum atomic E-state index is 6.20. The second-order valence-corrected chi connectivity index (χ2v) is 8.90. The lowest BCUT2D eigenvalue weighted by Crippen LogP contribution is -3.00. The lowest BCUT2D eigenvalue weighted by atomic mass is 10.1. The number of hydrogen-bond acceptors (Lipinski definition) is 5. The molecule has 0 radical (unpaired) electrons. The Hall–Kier alpha value is -0.690. The molecule has 1 fully saturated rings. The SMILES string of the molecule is CCCCCCCCCCCCCCNc1nc(Cl)nc([N+]2(CC)CCOCC2)n1.[Cl-]. The van der Waals surface area contributed by atoms with Gasteiger partial charge in [0.25, 0.3) is 0 Å². The molecule has 1 N–H and O–H groups in total. The summed E-state index contributed by atoms with van der Waals surface area (Å²) in [7, 11) is 0. The van der Waals surface area contributed by atoms with Gasteiger partial charge in [0.1, 0.15) is 13.1 Å². The quantitative estimate of drug-likeness (QED) is 0.294. The highest BCUT2D eigenvalue weighted by atomic mass is 35.5. The van der Waals surface area contributed by atoms with E-state index in [0.29, 0.717) is 5.95 Å². The van der Waals surface area contributed by atoms with Gasteiger partial charge in [-0.2, -0.15) is 4.98 Å². The van der Waals surface area contributed by atoms with Gasteiger partial charge in [0.2, 0.25) is 11.2 Å². The topological polar surface area (TPSA) is 59.9 Å². The van der Waals surface area contributed by atoms with Gasteiger partial charge in [-0.1, -0.05) is 77.6 Å². The highest BCUT2D eigenvalue weighted by Gasteiger charge is 2.35. The van der Waals surface area contributed by atoms with Crippen molar-refractivity contribution >= 4 is 23.5 Å². The zero-order chi connectivity index (χ0) is 21.5. The minimum absolute atomic E-state index is 0. The number of aromatic nitrogens is 3. The van der Waals surface area contributed by atoms with E-state index in [4.69, 9.17) is 21.3 Å². The van der Waals surface area contributed by atoms with E-state index in [-0.39, 0.29) is 17.7 Å². The summed E-state index contributed by atoms with van der Waals surface area (Å²) < 4.78 is 6.24. The molecule has 1 aliphatic heterocycles. The molecule has 1 saturated heterocycles. The summed E-state index contributed by atoms with van der Waals surface area (Å²) >= 11 is 6.20. The van der Waals surface area contributed by atoms with Crippen molar-refractivity contribution < 1.29 is 17.1 Å². The van der Waals surface area contributed by atoms with Crippen LogP contribution in [0.1, 0.15) is 90.9 Å². The average Bonchev–Trinajstić information content (AvgIpc) is 2.77. The fourth-order valence-electron chi connectivity index (χ4n) is 4.15. The van der Waals surface area contributed by atoms with E-state index in [1.54, 1.807) is 0 Å². The molecule has 0 bridgehead atoms. The van der Waals surface area contributed by atoms with Crippen LogP contribution >= 0.6 is 11.6 Å². The van der Waals surface area contributed by atoms with Crippen molar-refractivity contribution in [1.82, 2.24) is 19.4 Å². The Balaban J connectivity index is 0.00000480. The Morgan fingerprint density at radius 1 is 0.806 bits per heavy atom. The molecule has 1 aromatic heterocycles. The summed E-state index contributed by atoms with van der Waals surface area (Å²) in [4.78, 5) is 13.4. The van der Waals surface area contributed by atoms with E-state index in [1.807, 2.05) is 0 Å². The number of quaternary nitrogens is 1. The number of rotatable bonds is 16. The molecular weight excluding hydrogens is 433 g/mol. The first-order valence-corrected chi connectivity index (χ1v) is 12.7. The molecule has 1 aromatic rings. The van der Waals surface area contributed by atoms with E-state index < -0.39 is 0 Å². The van der Waals surface area contributed by atoms with Crippen molar-refractivity contribution in [1.29, 1.82) is 0 Å². The number of anilines is 1. The number of halogens is 2. The van der Waals surface area contributed by atoms with Crippen LogP contribution in [0.15, 0.2) is 0 Å². The zero-order valence-electron chi connectivity index (χ0n) is 19.7. The van der Waals surface area contributed by atoms with E-state index in [9.17, 15) is 0 Å². The molecule has 0 unspecified atom stereocenters. The molecule has 0 amide bonds. The number of nitrogens with one attached hydrogen (secondary N) is 1. The summed E-state index contributed by atoms with van der Waals surface area (Å²) in [5, 5.41) is 3.63. The first-order chi connectivity index (χ1) is 14.7. The molecule has 8 heteroatoms. The maximum absolute atomic E-state index is 6.20. The molecule has 0 saturated carbocycles. The van der Waals surface area contributed by atoms with Crippen LogP contribution in [0.4, 0.5) is 11.9 Å². The number of nitrogens with zero attached hydrogens (tertiary/aromatic N) is 4. The molecule has 31 heavy (non-hydrogen) atoms. The van der Waals surface area contributed by atoms with Crippen LogP contribution in [0.2, 0.25) is 5.28 Å². The number of unbranched alkanes of at least 4 members (excludes halogenated alkanes) is 11. The summed E-state index contributed by atoms with van der Waals surface area (Å²) in [6.45, 7) is 9.50. The molecule has 180 valence electrons. The predicted molar refractivity (Wildman–Crippen MR) is 127 cm³/mol. The summed E-state index contributed by atoms with van der Waals surface area (Å²) in [6.07, 6.45) is 16.3. The van der Waals surface area contributed by atoms with Gasteiger partial charge in [-0.25, -0.2) is 0 Å². The highest BCUT2D eigenvalue weighted by molar-refractivity contribution is 6.28. The van der Waals surface area contributed by atoms with Crippen LogP contribution in [0, 0.1) is 0 Å². The standard InChI is InChI=1S/C23H43ClN5O.ClH/c1-3-5-6-7-8-9-10-11-12-13-14-15-16-25-22-26-21(24)27-23(28-22)29(4-2)17-19-30-20-18-29;/h3-20H2,1-2H3,(H,25,26,27,28);1H/q+1;/p-1. The zero-order valence-corrected chi connectivity index (χ0v) is 21.2. The molecule has 0 spiro atoms. The predicted octanol–water partition coefficient (Wildman–Crippen LogP) is 3.00. The fourth-order valence-corrected chi connectivity index (χ4v) is 4.30. The third-order valence-corrected chi connectivity index (χ3v) is 6.44. The second kappa shape index (κ2) is 16.9. The maximum Gasteiger partial charge on any atom is 0.335 e. The van der Waals surface area contributed by atoms with Gasteiger partial charge in [0.05, 0.1) is 19.8 Å². The lowest BCUT2D eigenvalue weighted by molar-refractivity contribution is -0.00000832. The molecule has 0 atom stereocenters. The van der Waals surface area contributed by atoms with Gasteiger partial charge in [-0.15, -0.1) is 9.97 Å². The van der Waals surface area contributed by atoms with Crippen LogP contribution < -0.4 is 22.2 Å². The van der Waals surface area contributed by atoms with Crippen molar-refractivity contribution in [3.8, 4) is 0 Å². The van der Waals surface area contributed by atoms with E-state index >= 15 is 0 Å². The summed E-state index contributed by atoms with van der Waals surface area (Å²) in [5.74, 6) is 1.36. The largest absolute Gasteiger partial charge is 1.00 e. The molecule has 6 nitrogen and oxygen atoms in total. The van der Waals surface area contributed by atoms with Crippen LogP contribution in [0.3, 0.4) is 0 Å². The van der Waals surface area contributed by atoms with Gasteiger partial charge in [-0.05, 0) is 24.9 Å². The van der Waals surface area contributed by atoms with Crippen molar-refractivity contribution in [2.24, 2.45) is 0 Å². The second-order valence-electron chi connectivity index (χ2n) is 8.56. The molecule has 1 aliphatic rings. The van der Waals surface area contributed by atoms with Crippen molar-refractivity contribution in [2.75, 3.05) is 44.7 Å². The number of morpholine rings is 1. The number of ether oxygens (including phenoxy) is 1. The minimum atomic E-state index is 0. The molecule has 2 rings (SSSR count). The smallest absolute Gasteiger partial charge is 0.335 e. The summed E-state index contributed by atoms with van der Waals surface area (Å²) in [6, 6.07) is 0. The van der Waals surface area contributed by atoms with Crippen molar-refractivity contribution in [2.45, 2.75) is 90.9 Å². The van der Waals surface area contributed by atoms with Gasteiger partial charge >= 0.3 is 5.95 Å². The average molecular weight is 477 g/mol. The third kappa shape index (κ3) is 10.6. The van der Waals surface area contributed by atoms with Crippen LogP contribution in [0.5, 0.6) is 0 Å². The monoisotopic (exact) mass is 475 g/mol. The van der Waals surface area contributed by atoms with Crippen LogP contribution in [-0.4, -0.2) is 54.3 Å². The first kappa shape index (κ1) is 28.3. The third-order valence-electron chi connectivity index (χ3n) is 6.27. The highest BCUT2D eigenvalue weighted by Crippen LogP contribution is 2.23. The van der Waals surface area contributed by atoms with Gasteiger partial charge in [0.15, 0.2) is 0 Å². The van der Waals surface area contributed by atoms with Gasteiger partial charge in [0, 0.05) is 6.54 Å². The Morgan fingerprint density at radius 3 is 1.90 bits per heavy atom. The Labute approximate surface area is 200 Å². The van der Waals surface area contributed by atoms with E-state index in [2.05, 4.69) is 29.1 Å². The van der Waals surface area contributed by atoms with Gasteiger partial charge in [-0.3, -0.25) is 4.48 Å². The lowest BCUT2D eigenvalue weighted by Gasteiger charge is -2.37. The molecule has 0 aromatic carbocycles. The fraction of sp³-hybridized carbons (Fsp3) is 0.870. The van der Waals surface area contributed by atoms with Crippen LogP contribution in [0.25, 0.3) is 0 Å².